The molecule has 0 amide bonds. The second kappa shape index (κ2) is 6.07. The average molecular weight is 275 g/mol. The smallest absolute Gasteiger partial charge is 0.192 e. The van der Waals surface area contributed by atoms with Gasteiger partial charge in [0.2, 0.25) is 0 Å². The van der Waals surface area contributed by atoms with E-state index in [0.717, 1.165) is 38.6 Å². The van der Waals surface area contributed by atoms with Crippen molar-refractivity contribution in [2.45, 2.75) is 0 Å². The van der Waals surface area contributed by atoms with Crippen molar-refractivity contribution in [3.8, 4) is 5.75 Å². The van der Waals surface area contributed by atoms with Crippen molar-refractivity contribution in [1.29, 1.82) is 0 Å². The predicted octanol–water partition coefficient (Wildman–Crippen LogP) is 1.50. The molecule has 1 aliphatic heterocycles. The maximum absolute atomic E-state index is 11.6. The zero-order valence-corrected chi connectivity index (χ0v) is 11.2. The highest BCUT2D eigenvalue weighted by molar-refractivity contribution is 5.77. The maximum Gasteiger partial charge on any atom is 0.192 e. The molecule has 106 valence electrons. The van der Waals surface area contributed by atoms with Crippen LogP contribution in [-0.2, 0) is 4.74 Å². The summed E-state index contributed by atoms with van der Waals surface area (Å²) in [5, 5.41) is 0.577. The quantitative estimate of drug-likeness (QED) is 0.846. The highest BCUT2D eigenvalue weighted by Crippen LogP contribution is 2.18. The Bertz CT molecular complexity index is 631. The van der Waals surface area contributed by atoms with Crippen LogP contribution in [0.3, 0.4) is 0 Å². The SMILES string of the molecule is O=c1ccoc2cc(OCCN3CCOCC3)ccc12. The molecule has 5 heteroatoms. The van der Waals surface area contributed by atoms with Gasteiger partial charge in [-0.1, -0.05) is 0 Å². The molecule has 5 nitrogen and oxygen atoms in total. The fourth-order valence-corrected chi connectivity index (χ4v) is 2.27. The molecule has 20 heavy (non-hydrogen) atoms. The van der Waals surface area contributed by atoms with Crippen LogP contribution in [0, 0.1) is 0 Å². The molecule has 1 aromatic heterocycles. The second-order valence-corrected chi connectivity index (χ2v) is 4.75. The monoisotopic (exact) mass is 275 g/mol. The lowest BCUT2D eigenvalue weighted by atomic mass is 10.2. The molecule has 1 fully saturated rings. The molecule has 1 aromatic carbocycles. The van der Waals surface area contributed by atoms with E-state index in [9.17, 15) is 4.79 Å². The standard InChI is InChI=1S/C15H17NO4/c17-14-3-7-20-15-11-12(1-2-13(14)15)19-10-6-16-4-8-18-9-5-16/h1-3,7,11H,4-6,8-10H2. The summed E-state index contributed by atoms with van der Waals surface area (Å²) in [4.78, 5) is 13.9. The van der Waals surface area contributed by atoms with E-state index < -0.39 is 0 Å². The number of morpholine rings is 1. The van der Waals surface area contributed by atoms with E-state index in [1.165, 1.54) is 12.3 Å². The third kappa shape index (κ3) is 3.00. The molecular weight excluding hydrogens is 258 g/mol. The Balaban J connectivity index is 1.61. The van der Waals surface area contributed by atoms with Crippen LogP contribution in [-0.4, -0.2) is 44.4 Å². The van der Waals surface area contributed by atoms with Crippen molar-refractivity contribution in [3.63, 3.8) is 0 Å². The topological polar surface area (TPSA) is 51.9 Å². The highest BCUT2D eigenvalue weighted by Gasteiger charge is 2.10. The third-order valence-electron chi connectivity index (χ3n) is 3.41. The number of ether oxygens (including phenoxy) is 2. The average Bonchev–Trinajstić information content (AvgIpc) is 2.48. The number of rotatable bonds is 4. The second-order valence-electron chi connectivity index (χ2n) is 4.75. The van der Waals surface area contributed by atoms with Crippen molar-refractivity contribution in [3.05, 3.63) is 40.8 Å². The van der Waals surface area contributed by atoms with Crippen molar-refractivity contribution in [2.75, 3.05) is 39.5 Å². The Hall–Kier alpha value is -1.85. The van der Waals surface area contributed by atoms with Crippen LogP contribution in [0.25, 0.3) is 11.0 Å². The largest absolute Gasteiger partial charge is 0.492 e. The zero-order chi connectivity index (χ0) is 13.8. The van der Waals surface area contributed by atoms with E-state index in [1.807, 2.05) is 0 Å². The first-order valence-electron chi connectivity index (χ1n) is 6.77. The first-order valence-corrected chi connectivity index (χ1v) is 6.77. The molecule has 2 heterocycles. The van der Waals surface area contributed by atoms with E-state index >= 15 is 0 Å². The van der Waals surface area contributed by atoms with Crippen molar-refractivity contribution >= 4 is 11.0 Å². The molecule has 0 radical (unpaired) electrons. The summed E-state index contributed by atoms with van der Waals surface area (Å²) in [6, 6.07) is 6.72. The van der Waals surface area contributed by atoms with E-state index in [2.05, 4.69) is 4.90 Å². The third-order valence-corrected chi connectivity index (χ3v) is 3.41. The Morgan fingerprint density at radius 2 is 2.05 bits per heavy atom. The van der Waals surface area contributed by atoms with Crippen LogP contribution in [0.15, 0.2) is 39.7 Å². The van der Waals surface area contributed by atoms with Gasteiger partial charge in [0.25, 0.3) is 0 Å². The lowest BCUT2D eigenvalue weighted by Gasteiger charge is -2.26. The maximum atomic E-state index is 11.6. The van der Waals surface area contributed by atoms with E-state index in [4.69, 9.17) is 13.9 Å². The van der Waals surface area contributed by atoms with Gasteiger partial charge in [0.1, 0.15) is 17.9 Å². The minimum absolute atomic E-state index is 0.0360. The van der Waals surface area contributed by atoms with Gasteiger partial charge in [-0.05, 0) is 12.1 Å². The summed E-state index contributed by atoms with van der Waals surface area (Å²) in [7, 11) is 0. The molecule has 1 aliphatic rings. The van der Waals surface area contributed by atoms with Gasteiger partial charge in [-0.2, -0.15) is 0 Å². The van der Waals surface area contributed by atoms with E-state index in [-0.39, 0.29) is 5.43 Å². The van der Waals surface area contributed by atoms with Crippen molar-refractivity contribution < 1.29 is 13.9 Å². The summed E-state index contributed by atoms with van der Waals surface area (Å²) in [5.41, 5.74) is 0.521. The van der Waals surface area contributed by atoms with E-state index in [1.54, 1.807) is 18.2 Å². The molecule has 0 saturated carbocycles. The Morgan fingerprint density at radius 3 is 2.90 bits per heavy atom. The lowest BCUT2D eigenvalue weighted by molar-refractivity contribution is 0.0322. The fraction of sp³-hybridized carbons (Fsp3) is 0.400. The number of hydrogen-bond acceptors (Lipinski definition) is 5. The molecule has 0 bridgehead atoms. The first kappa shape index (κ1) is 13.1. The Kier molecular flexibility index (Phi) is 3.99. The minimum atomic E-state index is -0.0360. The molecule has 0 spiro atoms. The molecule has 1 saturated heterocycles. The van der Waals surface area contributed by atoms with Crippen LogP contribution in [0.5, 0.6) is 5.75 Å². The molecular formula is C15H17NO4. The summed E-state index contributed by atoms with van der Waals surface area (Å²) in [6.07, 6.45) is 1.40. The summed E-state index contributed by atoms with van der Waals surface area (Å²) >= 11 is 0. The van der Waals surface area contributed by atoms with E-state index in [0.29, 0.717) is 17.6 Å². The summed E-state index contributed by atoms with van der Waals surface area (Å²) in [5.74, 6) is 0.722. The molecule has 0 atom stereocenters. The minimum Gasteiger partial charge on any atom is -0.492 e. The molecule has 0 aliphatic carbocycles. The van der Waals surface area contributed by atoms with Gasteiger partial charge in [0, 0.05) is 31.8 Å². The van der Waals surface area contributed by atoms with Crippen molar-refractivity contribution in [2.24, 2.45) is 0 Å². The normalized spacial score (nSPS) is 16.4. The predicted molar refractivity (Wildman–Crippen MR) is 75.2 cm³/mol. The van der Waals surface area contributed by atoms with Gasteiger partial charge in [0.15, 0.2) is 5.43 Å². The van der Waals surface area contributed by atoms with Crippen LogP contribution >= 0.6 is 0 Å². The number of fused-ring (bicyclic) bond motifs is 1. The zero-order valence-electron chi connectivity index (χ0n) is 11.2. The summed E-state index contributed by atoms with van der Waals surface area (Å²) in [6.45, 7) is 4.98. The van der Waals surface area contributed by atoms with Crippen LogP contribution in [0.4, 0.5) is 0 Å². The highest BCUT2D eigenvalue weighted by atomic mass is 16.5. The number of benzene rings is 1. The lowest BCUT2D eigenvalue weighted by Crippen LogP contribution is -2.38. The molecule has 3 rings (SSSR count). The number of nitrogens with zero attached hydrogens (tertiary/aromatic N) is 1. The molecule has 0 N–H and O–H groups in total. The van der Waals surface area contributed by atoms with Gasteiger partial charge >= 0.3 is 0 Å². The van der Waals surface area contributed by atoms with Crippen LogP contribution in [0.1, 0.15) is 0 Å². The first-order chi connectivity index (χ1) is 9.83. The summed E-state index contributed by atoms with van der Waals surface area (Å²) < 4.78 is 16.3. The van der Waals surface area contributed by atoms with Gasteiger partial charge in [-0.25, -0.2) is 0 Å². The van der Waals surface area contributed by atoms with Gasteiger partial charge < -0.3 is 13.9 Å². The molecule has 2 aromatic rings. The van der Waals surface area contributed by atoms with Crippen LogP contribution < -0.4 is 10.2 Å². The van der Waals surface area contributed by atoms with Gasteiger partial charge in [-0.3, -0.25) is 9.69 Å². The van der Waals surface area contributed by atoms with Gasteiger partial charge in [0.05, 0.1) is 24.9 Å². The molecule has 0 unspecified atom stereocenters. The van der Waals surface area contributed by atoms with Crippen LogP contribution in [0.2, 0.25) is 0 Å². The Morgan fingerprint density at radius 1 is 1.20 bits per heavy atom. The van der Waals surface area contributed by atoms with Crippen molar-refractivity contribution in [1.82, 2.24) is 4.90 Å². The number of hydrogen-bond donors (Lipinski definition) is 0. The Labute approximate surface area is 116 Å². The fourth-order valence-electron chi connectivity index (χ4n) is 2.27. The van der Waals surface area contributed by atoms with Gasteiger partial charge in [-0.15, -0.1) is 0 Å².